The van der Waals surface area contributed by atoms with E-state index >= 15 is 0 Å². The van der Waals surface area contributed by atoms with Crippen LogP contribution in [0.1, 0.15) is 32.1 Å². The van der Waals surface area contributed by atoms with Crippen molar-refractivity contribution in [2.45, 2.75) is 32.1 Å². The summed E-state index contributed by atoms with van der Waals surface area (Å²) in [5.74, 6) is 2.65. The zero-order chi connectivity index (χ0) is 19.2. The van der Waals surface area contributed by atoms with Gasteiger partial charge in [-0.15, -0.1) is 0 Å². The van der Waals surface area contributed by atoms with Crippen molar-refractivity contribution in [3.05, 3.63) is 91.0 Å². The molecule has 1 aliphatic rings. The van der Waals surface area contributed by atoms with E-state index in [1.165, 1.54) is 35.2 Å². The summed E-state index contributed by atoms with van der Waals surface area (Å²) in [7, 11) is 0. The molecule has 1 fully saturated rings. The number of carbonyl (C=O) groups is 1. The number of benzene rings is 3. The molecule has 4 rings (SSSR count). The fourth-order valence-electron chi connectivity index (χ4n) is 4.34. The van der Waals surface area contributed by atoms with E-state index in [9.17, 15) is 4.79 Å². The van der Waals surface area contributed by atoms with Gasteiger partial charge in [0.05, 0.1) is 0 Å². The normalized spacial score (nSPS) is 15.1. The van der Waals surface area contributed by atoms with Crippen molar-refractivity contribution in [3.63, 3.8) is 0 Å². The zero-order valence-corrected chi connectivity index (χ0v) is 17.1. The number of hydrogen-bond acceptors (Lipinski definition) is 1. The van der Waals surface area contributed by atoms with Crippen molar-refractivity contribution >= 4 is 34.4 Å². The van der Waals surface area contributed by atoms with Crippen molar-refractivity contribution in [2.24, 2.45) is 5.92 Å². The first-order valence-corrected chi connectivity index (χ1v) is 12.1. The lowest BCUT2D eigenvalue weighted by molar-refractivity contribution is -0.116. The highest BCUT2D eigenvalue weighted by molar-refractivity contribution is 7.95. The molecule has 0 N–H and O–H groups in total. The third kappa shape index (κ3) is 3.77. The van der Waals surface area contributed by atoms with Crippen LogP contribution in [0.15, 0.2) is 91.0 Å². The first kappa shape index (κ1) is 19.0. The van der Waals surface area contributed by atoms with Gasteiger partial charge in [0.25, 0.3) is 0 Å². The second kappa shape index (κ2) is 8.76. The maximum atomic E-state index is 13.5. The molecular formula is C26H27OP. The Bertz CT molecular complexity index is 852. The summed E-state index contributed by atoms with van der Waals surface area (Å²) >= 11 is 0. The van der Waals surface area contributed by atoms with Crippen LogP contribution in [-0.4, -0.2) is 11.6 Å². The average Bonchev–Trinajstić information content (AvgIpc) is 2.80. The van der Waals surface area contributed by atoms with Gasteiger partial charge in [0.1, 0.15) is 0 Å². The Labute approximate surface area is 168 Å². The third-order valence-electron chi connectivity index (χ3n) is 5.82. The van der Waals surface area contributed by atoms with Crippen LogP contribution in [0.5, 0.6) is 0 Å². The molecule has 3 aromatic carbocycles. The lowest BCUT2D eigenvalue weighted by atomic mass is 9.87. The van der Waals surface area contributed by atoms with Crippen LogP contribution in [0.3, 0.4) is 0 Å². The average molecular weight is 386 g/mol. The summed E-state index contributed by atoms with van der Waals surface area (Å²) in [5.41, 5.74) is 0. The van der Waals surface area contributed by atoms with E-state index in [2.05, 4.69) is 96.8 Å². The summed E-state index contributed by atoms with van der Waals surface area (Å²) in [6.45, 7) is -2.15. The molecule has 0 heterocycles. The summed E-state index contributed by atoms with van der Waals surface area (Å²) < 4.78 is 0. The van der Waals surface area contributed by atoms with Crippen LogP contribution >= 0.6 is 6.89 Å². The predicted molar refractivity (Wildman–Crippen MR) is 123 cm³/mol. The Morgan fingerprint density at radius 1 is 0.643 bits per heavy atom. The van der Waals surface area contributed by atoms with E-state index in [-0.39, 0.29) is 5.92 Å². The van der Waals surface area contributed by atoms with Gasteiger partial charge in [-0.2, -0.15) is 0 Å². The first-order valence-electron chi connectivity index (χ1n) is 10.3. The smallest absolute Gasteiger partial charge is 0.159 e. The number of ketones is 1. The van der Waals surface area contributed by atoms with Crippen LogP contribution in [-0.2, 0) is 4.79 Å². The SMILES string of the molecule is O=C(C=P(c1ccccc1)(c1ccccc1)c1ccccc1)C1CCCCC1. The molecular weight excluding hydrogens is 359 g/mol. The highest BCUT2D eigenvalue weighted by Gasteiger charge is 2.28. The highest BCUT2D eigenvalue weighted by Crippen LogP contribution is 2.44. The Kier molecular flexibility index (Phi) is 5.93. The molecule has 3 aromatic rings. The van der Waals surface area contributed by atoms with Crippen LogP contribution in [0.2, 0.25) is 0 Å². The van der Waals surface area contributed by atoms with Gasteiger partial charge in [-0.1, -0.05) is 110 Å². The molecule has 0 saturated heterocycles. The van der Waals surface area contributed by atoms with E-state index in [1.54, 1.807) is 0 Å². The standard InChI is InChI=1S/C26H27OP/c27-26(22-13-5-1-6-14-22)21-28(23-15-7-2-8-16-23,24-17-9-3-10-18-24)25-19-11-4-12-20-25/h2-4,7-12,15-22H,1,5-6,13-14H2. The molecule has 0 bridgehead atoms. The van der Waals surface area contributed by atoms with Crippen molar-refractivity contribution in [1.29, 1.82) is 0 Å². The predicted octanol–water partition coefficient (Wildman–Crippen LogP) is 4.93. The fourth-order valence-corrected chi connectivity index (χ4v) is 8.20. The maximum absolute atomic E-state index is 13.5. The molecule has 0 aromatic heterocycles. The molecule has 0 spiro atoms. The molecule has 0 amide bonds. The van der Waals surface area contributed by atoms with Crippen molar-refractivity contribution < 1.29 is 4.79 Å². The first-order chi connectivity index (χ1) is 13.8. The Balaban J connectivity index is 1.98. The van der Waals surface area contributed by atoms with Gasteiger partial charge in [0, 0.05) is 5.92 Å². The summed E-state index contributed by atoms with van der Waals surface area (Å²) in [5, 5.41) is 3.74. The molecule has 1 nitrogen and oxygen atoms in total. The van der Waals surface area contributed by atoms with Crippen LogP contribution in [0.25, 0.3) is 0 Å². The number of Topliss-reactive ketones (excluding diaryl/α,β-unsaturated/α-hetero) is 1. The van der Waals surface area contributed by atoms with Crippen molar-refractivity contribution in [2.75, 3.05) is 0 Å². The van der Waals surface area contributed by atoms with E-state index < -0.39 is 6.89 Å². The van der Waals surface area contributed by atoms with Gasteiger partial charge in [-0.3, -0.25) is 4.79 Å². The second-order valence-corrected chi connectivity index (χ2v) is 10.8. The lowest BCUT2D eigenvalue weighted by Gasteiger charge is -2.29. The Morgan fingerprint density at radius 2 is 1.04 bits per heavy atom. The number of carbonyl (C=O) groups excluding carboxylic acids is 1. The highest BCUT2D eigenvalue weighted by atomic mass is 31.2. The third-order valence-corrected chi connectivity index (χ3v) is 9.80. The number of rotatable bonds is 5. The zero-order valence-electron chi connectivity index (χ0n) is 16.2. The van der Waals surface area contributed by atoms with E-state index in [0.29, 0.717) is 5.78 Å². The minimum absolute atomic E-state index is 0.185. The summed E-state index contributed by atoms with van der Waals surface area (Å²) in [6, 6.07) is 31.9. The Morgan fingerprint density at radius 3 is 1.43 bits per heavy atom. The second-order valence-electron chi connectivity index (χ2n) is 7.60. The van der Waals surface area contributed by atoms with E-state index in [1.807, 2.05) is 0 Å². The summed E-state index contributed by atoms with van der Waals surface area (Å²) in [4.78, 5) is 13.5. The lowest BCUT2D eigenvalue weighted by Crippen LogP contribution is -2.30. The molecule has 142 valence electrons. The van der Waals surface area contributed by atoms with Crippen LogP contribution in [0, 0.1) is 5.92 Å². The minimum atomic E-state index is -2.15. The fraction of sp³-hybridized carbons (Fsp3) is 0.231. The largest absolute Gasteiger partial charge is 0.294 e. The van der Waals surface area contributed by atoms with Crippen LogP contribution in [0.4, 0.5) is 0 Å². The molecule has 0 radical (unpaired) electrons. The van der Waals surface area contributed by atoms with Crippen molar-refractivity contribution in [3.8, 4) is 0 Å². The maximum Gasteiger partial charge on any atom is 0.159 e. The molecule has 0 aliphatic heterocycles. The van der Waals surface area contributed by atoms with Gasteiger partial charge in [0.2, 0.25) is 0 Å². The van der Waals surface area contributed by atoms with Gasteiger partial charge >= 0.3 is 0 Å². The van der Waals surface area contributed by atoms with E-state index in [4.69, 9.17) is 0 Å². The van der Waals surface area contributed by atoms with Crippen LogP contribution < -0.4 is 15.9 Å². The van der Waals surface area contributed by atoms with Gasteiger partial charge in [0.15, 0.2) is 5.78 Å². The van der Waals surface area contributed by atoms with Gasteiger partial charge in [-0.05, 0) is 41.4 Å². The van der Waals surface area contributed by atoms with Gasteiger partial charge < -0.3 is 0 Å². The van der Waals surface area contributed by atoms with E-state index in [0.717, 1.165) is 12.8 Å². The molecule has 1 saturated carbocycles. The topological polar surface area (TPSA) is 17.1 Å². The molecule has 0 atom stereocenters. The molecule has 28 heavy (non-hydrogen) atoms. The summed E-state index contributed by atoms with van der Waals surface area (Å²) in [6.07, 6.45) is 5.69. The molecule has 2 heteroatoms. The van der Waals surface area contributed by atoms with Crippen molar-refractivity contribution in [1.82, 2.24) is 0 Å². The quantitative estimate of drug-likeness (QED) is 0.568. The monoisotopic (exact) mass is 386 g/mol. The Hall–Kier alpha value is -2.37. The molecule has 1 aliphatic carbocycles. The number of hydrogen-bond donors (Lipinski definition) is 0. The minimum Gasteiger partial charge on any atom is -0.294 e. The van der Waals surface area contributed by atoms with Gasteiger partial charge in [-0.25, -0.2) is 0 Å². The molecule has 0 unspecified atom stereocenters.